The van der Waals surface area contributed by atoms with E-state index in [2.05, 4.69) is 12.5 Å². The minimum Gasteiger partial charge on any atom is -0.125 e. The van der Waals surface area contributed by atoms with Crippen molar-refractivity contribution in [1.82, 2.24) is 0 Å². The van der Waals surface area contributed by atoms with Crippen molar-refractivity contribution in [2.24, 2.45) is 0 Å². The lowest BCUT2D eigenvalue weighted by Crippen LogP contribution is -1.62. The molecule has 0 aromatic heterocycles. The number of hydrogen-bond donors (Lipinski definition) is 0. The Morgan fingerprint density at radius 2 is 2.50 bits per heavy atom. The summed E-state index contributed by atoms with van der Waals surface area (Å²) in [7, 11) is 0.118. The topological polar surface area (TPSA) is 0 Å². The maximum absolute atomic E-state index is 2.50. The summed E-state index contributed by atoms with van der Waals surface area (Å²) in [6.45, 7) is 2.39. The average molecular weight is 102 g/mol. The lowest BCUT2D eigenvalue weighted by atomic mass is 10.4. The van der Waals surface area contributed by atoms with Crippen molar-refractivity contribution in [3.63, 3.8) is 0 Å². The highest BCUT2D eigenvalue weighted by molar-refractivity contribution is 7.56. The molecule has 0 bridgehead atoms. The summed E-state index contributed by atoms with van der Waals surface area (Å²) in [6, 6.07) is 0. The van der Waals surface area contributed by atoms with Crippen molar-refractivity contribution in [2.75, 3.05) is 12.8 Å². The van der Waals surface area contributed by atoms with E-state index in [-0.39, 0.29) is 7.55 Å². The lowest BCUT2D eigenvalue weighted by Gasteiger charge is -1.81. The minimum atomic E-state index is 0.118. The third-order valence-corrected chi connectivity index (χ3v) is 3.40. The normalized spacial score (nSPS) is 33.2. The van der Waals surface area contributed by atoms with Crippen molar-refractivity contribution < 1.29 is 0 Å². The molecule has 0 amide bonds. The lowest BCUT2D eigenvalue weighted by molar-refractivity contribution is 1.05. The Labute approximate surface area is 40.0 Å². The first-order chi connectivity index (χ1) is 2.89. The molecule has 36 valence electrons. The molecule has 1 aliphatic rings. The van der Waals surface area contributed by atoms with Gasteiger partial charge < -0.3 is 0 Å². The Morgan fingerprint density at radius 3 is 2.67 bits per heavy atom. The van der Waals surface area contributed by atoms with Gasteiger partial charge in [0.15, 0.2) is 0 Å². The van der Waals surface area contributed by atoms with Crippen molar-refractivity contribution in [3.05, 3.63) is 0 Å². The molecule has 1 heteroatoms. The molecule has 1 heterocycles. The Balaban J connectivity index is 2.45. The molecule has 0 N–H and O–H groups in total. The number of hydrogen-bond acceptors (Lipinski definition) is 0. The summed E-state index contributed by atoms with van der Waals surface area (Å²) in [5, 5.41) is 0. The highest BCUT2D eigenvalue weighted by Gasteiger charge is 1.93. The molecule has 1 unspecified atom stereocenters. The van der Waals surface area contributed by atoms with Crippen molar-refractivity contribution >= 4 is 13.3 Å². The molecule has 1 atom stereocenters. The van der Waals surface area contributed by atoms with Crippen LogP contribution in [0.5, 0.6) is 0 Å². The van der Waals surface area contributed by atoms with Crippen LogP contribution in [0.25, 0.3) is 0 Å². The molecule has 0 aliphatic carbocycles. The van der Waals surface area contributed by atoms with Gasteiger partial charge in [0.05, 0.1) is 0 Å². The smallest absolute Gasteiger partial charge is 0.0345 e. The van der Waals surface area contributed by atoms with E-state index in [1.165, 1.54) is 19.0 Å². The van der Waals surface area contributed by atoms with Crippen LogP contribution in [-0.2, 0) is 0 Å². The molecule has 0 aromatic rings. The average Bonchev–Trinajstić information content (AvgIpc) is 1.86. The van der Waals surface area contributed by atoms with E-state index in [0.29, 0.717) is 0 Å². The van der Waals surface area contributed by atoms with Gasteiger partial charge in [-0.25, -0.2) is 0 Å². The highest BCUT2D eigenvalue weighted by Crippen LogP contribution is 2.24. The molecular weight excluding hydrogens is 91.0 g/mol. The van der Waals surface area contributed by atoms with Gasteiger partial charge in [0.2, 0.25) is 0 Å². The Hall–Kier alpha value is 0.300. The fraction of sp³-hybridized carbons (Fsp3) is 0.800. The summed E-state index contributed by atoms with van der Waals surface area (Å²) >= 11 is 0. The van der Waals surface area contributed by atoms with Gasteiger partial charge in [-0.2, -0.15) is 0 Å². The van der Waals surface area contributed by atoms with E-state index in [1.54, 1.807) is 0 Å². The van der Waals surface area contributed by atoms with Crippen LogP contribution in [0, 0.1) is 0 Å². The standard InChI is InChI=1S/C5H11P/c1-6-4-2-3-5-6/h4,6H,2-3,5H2,1H3. The molecule has 0 saturated heterocycles. The fourth-order valence-corrected chi connectivity index (χ4v) is 2.49. The van der Waals surface area contributed by atoms with Crippen LogP contribution in [0.2, 0.25) is 0 Å². The monoisotopic (exact) mass is 102 g/mol. The van der Waals surface area contributed by atoms with Crippen LogP contribution >= 0.6 is 7.55 Å². The third kappa shape index (κ3) is 0.879. The van der Waals surface area contributed by atoms with Crippen LogP contribution in [0.3, 0.4) is 0 Å². The van der Waals surface area contributed by atoms with E-state index in [0.717, 1.165) is 0 Å². The summed E-state index contributed by atoms with van der Waals surface area (Å²) in [5.74, 6) is 2.50. The zero-order chi connectivity index (χ0) is 4.41. The second-order valence-corrected chi connectivity index (χ2v) is 4.54. The van der Waals surface area contributed by atoms with E-state index in [1.807, 2.05) is 0 Å². The predicted octanol–water partition coefficient (Wildman–Crippen LogP) is 1.43. The summed E-state index contributed by atoms with van der Waals surface area (Å²) < 4.78 is 0. The first kappa shape index (κ1) is 4.46. The van der Waals surface area contributed by atoms with Crippen molar-refractivity contribution in [3.8, 4) is 0 Å². The largest absolute Gasteiger partial charge is 0.125 e. The zero-order valence-corrected chi connectivity index (χ0v) is 5.20. The van der Waals surface area contributed by atoms with Crippen LogP contribution in [0.4, 0.5) is 0 Å². The Morgan fingerprint density at radius 1 is 1.67 bits per heavy atom. The highest BCUT2D eigenvalue weighted by atomic mass is 31.1. The van der Waals surface area contributed by atoms with Crippen LogP contribution in [0.1, 0.15) is 12.8 Å². The SMILES string of the molecule is C[PH]1=CCCC1. The predicted molar refractivity (Wildman–Crippen MR) is 34.4 cm³/mol. The van der Waals surface area contributed by atoms with Crippen LogP contribution in [0.15, 0.2) is 0 Å². The zero-order valence-electron chi connectivity index (χ0n) is 4.20. The second kappa shape index (κ2) is 1.84. The fourth-order valence-electron chi connectivity index (χ4n) is 0.831. The molecule has 0 fully saturated rings. The molecular formula is C5H11P. The van der Waals surface area contributed by atoms with E-state index >= 15 is 0 Å². The van der Waals surface area contributed by atoms with Crippen molar-refractivity contribution in [2.45, 2.75) is 12.8 Å². The van der Waals surface area contributed by atoms with Crippen LogP contribution < -0.4 is 0 Å². The molecule has 1 aliphatic heterocycles. The molecule has 0 aromatic carbocycles. The van der Waals surface area contributed by atoms with Gasteiger partial charge in [0.1, 0.15) is 0 Å². The van der Waals surface area contributed by atoms with Gasteiger partial charge in [-0.1, -0.05) is 5.80 Å². The first-order valence-electron chi connectivity index (χ1n) is 2.55. The van der Waals surface area contributed by atoms with Gasteiger partial charge in [-0.15, -0.1) is 7.55 Å². The van der Waals surface area contributed by atoms with Gasteiger partial charge >= 0.3 is 0 Å². The molecule has 0 spiro atoms. The first-order valence-corrected chi connectivity index (χ1v) is 4.83. The minimum absolute atomic E-state index is 0.118. The van der Waals surface area contributed by atoms with E-state index < -0.39 is 0 Å². The molecule has 6 heavy (non-hydrogen) atoms. The quantitative estimate of drug-likeness (QED) is 0.406. The van der Waals surface area contributed by atoms with E-state index in [9.17, 15) is 0 Å². The Kier molecular flexibility index (Phi) is 1.37. The summed E-state index contributed by atoms with van der Waals surface area (Å²) in [5.41, 5.74) is 0. The summed E-state index contributed by atoms with van der Waals surface area (Å²) in [6.07, 6.45) is 4.42. The Bertz CT molecular complexity index is 74.0. The van der Waals surface area contributed by atoms with Crippen LogP contribution in [-0.4, -0.2) is 18.6 Å². The van der Waals surface area contributed by atoms with Gasteiger partial charge in [-0.3, -0.25) is 0 Å². The van der Waals surface area contributed by atoms with Crippen molar-refractivity contribution in [1.29, 1.82) is 0 Å². The van der Waals surface area contributed by atoms with E-state index in [4.69, 9.17) is 0 Å². The van der Waals surface area contributed by atoms with Gasteiger partial charge in [0.25, 0.3) is 0 Å². The number of rotatable bonds is 0. The molecule has 1 rings (SSSR count). The second-order valence-electron chi connectivity index (χ2n) is 1.94. The third-order valence-electron chi connectivity index (χ3n) is 1.27. The molecule has 0 radical (unpaired) electrons. The maximum Gasteiger partial charge on any atom is -0.0345 e. The summed E-state index contributed by atoms with van der Waals surface area (Å²) in [4.78, 5) is 0. The molecule has 0 saturated carbocycles. The molecule has 0 nitrogen and oxygen atoms in total. The maximum atomic E-state index is 2.50. The van der Waals surface area contributed by atoms with Gasteiger partial charge in [-0.05, 0) is 25.7 Å². The van der Waals surface area contributed by atoms with Gasteiger partial charge in [0, 0.05) is 0 Å².